The van der Waals surface area contributed by atoms with Crippen LogP contribution in [0.4, 0.5) is 0 Å². The number of hydrogen-bond acceptors (Lipinski definition) is 4. The van der Waals surface area contributed by atoms with Crippen molar-refractivity contribution in [3.05, 3.63) is 16.5 Å². The molecule has 106 valence electrons. The van der Waals surface area contributed by atoms with Crippen molar-refractivity contribution in [1.82, 2.24) is 10.1 Å². The molecule has 6 heteroatoms. The molecule has 1 fully saturated rings. The minimum absolute atomic E-state index is 0.145. The molecule has 1 aliphatic heterocycles. The van der Waals surface area contributed by atoms with Crippen LogP contribution >= 0.6 is 11.6 Å². The van der Waals surface area contributed by atoms with E-state index < -0.39 is 0 Å². The van der Waals surface area contributed by atoms with Gasteiger partial charge in [0.25, 0.3) is 0 Å². The average Bonchev–Trinajstić information content (AvgIpc) is 2.75. The van der Waals surface area contributed by atoms with Gasteiger partial charge < -0.3 is 15.2 Å². The van der Waals surface area contributed by atoms with Crippen LogP contribution in [0.25, 0.3) is 0 Å². The van der Waals surface area contributed by atoms with Crippen LogP contribution < -0.4 is 5.73 Å². The minimum Gasteiger partial charge on any atom is -0.344 e. The number of aryl methyl sites for hydroxylation is 1. The third-order valence-electron chi connectivity index (χ3n) is 3.75. The third-order valence-corrected chi connectivity index (χ3v) is 4.04. The number of amides is 1. The normalized spacial score (nSPS) is 19.7. The van der Waals surface area contributed by atoms with Crippen molar-refractivity contribution in [3.63, 3.8) is 0 Å². The Kier molecular flexibility index (Phi) is 4.82. The maximum Gasteiger partial charge on any atom is 0.229 e. The summed E-state index contributed by atoms with van der Waals surface area (Å²) in [4.78, 5) is 14.2. The zero-order chi connectivity index (χ0) is 13.8. The summed E-state index contributed by atoms with van der Waals surface area (Å²) in [5.74, 6) is 0.145. The van der Waals surface area contributed by atoms with E-state index in [0.29, 0.717) is 24.6 Å². The molecule has 0 radical (unpaired) electrons. The van der Waals surface area contributed by atoms with Gasteiger partial charge in [0.1, 0.15) is 0 Å². The zero-order valence-electron chi connectivity index (χ0n) is 11.2. The first-order valence-electron chi connectivity index (χ1n) is 6.73. The van der Waals surface area contributed by atoms with Crippen molar-refractivity contribution in [2.75, 3.05) is 13.1 Å². The number of carbonyl (C=O) groups excluding carboxylic acids is 1. The fourth-order valence-corrected chi connectivity index (χ4v) is 2.86. The minimum atomic E-state index is 0.145. The van der Waals surface area contributed by atoms with E-state index in [-0.39, 0.29) is 11.9 Å². The molecule has 5 nitrogen and oxygen atoms in total. The predicted molar refractivity (Wildman–Crippen MR) is 73.0 cm³/mol. The lowest BCUT2D eigenvalue weighted by atomic mass is 10.0. The molecule has 1 aromatic rings. The first-order chi connectivity index (χ1) is 9.13. The lowest BCUT2D eigenvalue weighted by molar-refractivity contribution is -0.134. The second-order valence-corrected chi connectivity index (χ2v) is 5.34. The van der Waals surface area contributed by atoms with Crippen LogP contribution in [0.2, 0.25) is 5.22 Å². The Hall–Kier alpha value is -1.07. The van der Waals surface area contributed by atoms with E-state index in [1.54, 1.807) is 0 Å². The molecule has 19 heavy (non-hydrogen) atoms. The van der Waals surface area contributed by atoms with Crippen LogP contribution in [0, 0.1) is 6.92 Å². The summed E-state index contributed by atoms with van der Waals surface area (Å²) in [6.07, 6.45) is 4.23. The van der Waals surface area contributed by atoms with Crippen molar-refractivity contribution in [2.24, 2.45) is 5.73 Å². The lowest BCUT2D eigenvalue weighted by Crippen LogP contribution is -2.47. The molecule has 2 rings (SSSR count). The smallest absolute Gasteiger partial charge is 0.229 e. The third kappa shape index (κ3) is 3.28. The largest absolute Gasteiger partial charge is 0.344 e. The first-order valence-corrected chi connectivity index (χ1v) is 7.11. The number of likely N-dealkylation sites (tertiary alicyclic amines) is 1. The molecule has 1 amide bonds. The Bertz CT molecular complexity index is 428. The summed E-state index contributed by atoms with van der Waals surface area (Å²) in [6, 6.07) is 0.195. The molecule has 2 heterocycles. The van der Waals surface area contributed by atoms with E-state index in [1.165, 1.54) is 0 Å². The fraction of sp³-hybridized carbons (Fsp3) is 0.692. The second kappa shape index (κ2) is 6.39. The molecule has 0 bridgehead atoms. The van der Waals surface area contributed by atoms with Gasteiger partial charge in [-0.1, -0.05) is 5.16 Å². The van der Waals surface area contributed by atoms with Gasteiger partial charge in [0, 0.05) is 31.1 Å². The maximum atomic E-state index is 12.3. The van der Waals surface area contributed by atoms with Crippen LogP contribution in [0.15, 0.2) is 4.52 Å². The van der Waals surface area contributed by atoms with E-state index in [9.17, 15) is 4.79 Å². The van der Waals surface area contributed by atoms with Crippen molar-refractivity contribution < 1.29 is 9.32 Å². The SMILES string of the molecule is Cc1noc(Cl)c1CCC(=O)N1CCCCC1CN. The molecule has 1 saturated heterocycles. The van der Waals surface area contributed by atoms with Crippen molar-refractivity contribution in [3.8, 4) is 0 Å². The van der Waals surface area contributed by atoms with Crippen LogP contribution in [-0.2, 0) is 11.2 Å². The summed E-state index contributed by atoms with van der Waals surface area (Å²) < 4.78 is 4.89. The summed E-state index contributed by atoms with van der Waals surface area (Å²) in [5.41, 5.74) is 7.32. The molecular weight excluding hydrogens is 266 g/mol. The summed E-state index contributed by atoms with van der Waals surface area (Å²) in [6.45, 7) is 3.19. The highest BCUT2D eigenvalue weighted by atomic mass is 35.5. The number of aromatic nitrogens is 1. The maximum absolute atomic E-state index is 12.3. The number of carbonyl (C=O) groups is 1. The van der Waals surface area contributed by atoms with E-state index in [4.69, 9.17) is 21.9 Å². The number of hydrogen-bond donors (Lipinski definition) is 1. The summed E-state index contributed by atoms with van der Waals surface area (Å²) in [7, 11) is 0. The van der Waals surface area contributed by atoms with Gasteiger partial charge in [-0.2, -0.15) is 0 Å². The summed E-state index contributed by atoms with van der Waals surface area (Å²) in [5, 5.41) is 4.08. The van der Waals surface area contributed by atoms with Crippen LogP contribution in [0.1, 0.15) is 36.9 Å². The quantitative estimate of drug-likeness (QED) is 0.917. The van der Waals surface area contributed by atoms with Gasteiger partial charge in [-0.05, 0) is 44.2 Å². The second-order valence-electron chi connectivity index (χ2n) is 4.99. The van der Waals surface area contributed by atoms with Gasteiger partial charge >= 0.3 is 0 Å². The number of rotatable bonds is 4. The number of nitrogens with two attached hydrogens (primary N) is 1. The van der Waals surface area contributed by atoms with Crippen molar-refractivity contribution in [2.45, 2.75) is 45.1 Å². The standard InChI is InChI=1S/C13H20ClN3O2/c1-9-11(13(14)19-16-9)5-6-12(18)17-7-3-2-4-10(17)8-15/h10H,2-8,15H2,1H3. The van der Waals surface area contributed by atoms with Crippen LogP contribution in [0.3, 0.4) is 0 Å². The molecule has 1 aliphatic rings. The van der Waals surface area contributed by atoms with Gasteiger partial charge in [-0.15, -0.1) is 0 Å². The van der Waals surface area contributed by atoms with Crippen molar-refractivity contribution in [1.29, 1.82) is 0 Å². The van der Waals surface area contributed by atoms with Gasteiger partial charge in [-0.25, -0.2) is 0 Å². The Balaban J connectivity index is 1.93. The molecule has 1 unspecified atom stereocenters. The first kappa shape index (κ1) is 14.3. The van der Waals surface area contributed by atoms with Gasteiger partial charge in [0.05, 0.1) is 5.69 Å². The number of nitrogens with zero attached hydrogens (tertiary/aromatic N) is 2. The van der Waals surface area contributed by atoms with E-state index in [1.807, 2.05) is 11.8 Å². The fourth-order valence-electron chi connectivity index (χ4n) is 2.59. The Morgan fingerprint density at radius 3 is 3.00 bits per heavy atom. The topological polar surface area (TPSA) is 72.4 Å². The highest BCUT2D eigenvalue weighted by molar-refractivity contribution is 6.29. The zero-order valence-corrected chi connectivity index (χ0v) is 11.9. The molecule has 1 atom stereocenters. The number of halogens is 1. The predicted octanol–water partition coefficient (Wildman–Crippen LogP) is 1.91. The van der Waals surface area contributed by atoms with Gasteiger partial charge in [0.2, 0.25) is 11.1 Å². The molecule has 2 N–H and O–H groups in total. The highest BCUT2D eigenvalue weighted by Gasteiger charge is 2.25. The summed E-state index contributed by atoms with van der Waals surface area (Å²) >= 11 is 5.90. The van der Waals surface area contributed by atoms with Crippen LogP contribution in [0.5, 0.6) is 0 Å². The average molecular weight is 286 g/mol. The molecule has 0 saturated carbocycles. The Morgan fingerprint density at radius 1 is 1.58 bits per heavy atom. The highest BCUT2D eigenvalue weighted by Crippen LogP contribution is 2.22. The van der Waals surface area contributed by atoms with E-state index in [2.05, 4.69) is 5.16 Å². The van der Waals surface area contributed by atoms with Crippen LogP contribution in [-0.4, -0.2) is 35.1 Å². The molecular formula is C13H20ClN3O2. The number of piperidine rings is 1. The Morgan fingerprint density at radius 2 is 2.37 bits per heavy atom. The monoisotopic (exact) mass is 285 g/mol. The van der Waals surface area contributed by atoms with E-state index >= 15 is 0 Å². The lowest BCUT2D eigenvalue weighted by Gasteiger charge is -2.35. The van der Waals surface area contributed by atoms with Gasteiger partial charge in [0.15, 0.2) is 0 Å². The molecule has 0 aromatic carbocycles. The molecule has 0 aliphatic carbocycles. The van der Waals surface area contributed by atoms with Crippen molar-refractivity contribution >= 4 is 17.5 Å². The molecule has 1 aromatic heterocycles. The molecule has 0 spiro atoms. The van der Waals surface area contributed by atoms with E-state index in [0.717, 1.165) is 37.1 Å². The van der Waals surface area contributed by atoms with Gasteiger partial charge in [-0.3, -0.25) is 4.79 Å². The Labute approximate surface area is 118 Å².